The Hall–Kier alpha value is -0.500. The molecule has 2 aliphatic heterocycles. The Morgan fingerprint density at radius 2 is 2.10 bits per heavy atom. The summed E-state index contributed by atoms with van der Waals surface area (Å²) in [5.41, 5.74) is 1.12. The second-order valence-electron chi connectivity index (χ2n) is 5.95. The minimum Gasteiger partial charge on any atom is -0.365 e. The van der Waals surface area contributed by atoms with Crippen LogP contribution < -0.4 is 0 Å². The lowest BCUT2D eigenvalue weighted by Gasteiger charge is -2.40. The van der Waals surface area contributed by atoms with Crippen molar-refractivity contribution in [1.82, 2.24) is 0 Å². The maximum atomic E-state index is 9.62. The zero-order valence-corrected chi connectivity index (χ0v) is 12.1. The summed E-state index contributed by atoms with van der Waals surface area (Å²) in [6, 6.07) is 0. The summed E-state index contributed by atoms with van der Waals surface area (Å²) < 4.78 is 28.1. The largest absolute Gasteiger partial charge is 0.365 e. The summed E-state index contributed by atoms with van der Waals surface area (Å²) in [5, 5.41) is 9.62. The topological polar surface area (TPSA) is 66.4 Å². The van der Waals surface area contributed by atoms with Crippen LogP contribution in [0.15, 0.2) is 11.6 Å². The van der Waals surface area contributed by atoms with Crippen molar-refractivity contribution in [3.63, 3.8) is 0 Å². The molecule has 6 nitrogen and oxygen atoms in total. The minimum absolute atomic E-state index is 0.112. The number of aliphatic hydroxyl groups excluding tert-OH is 1. The second-order valence-corrected chi connectivity index (χ2v) is 5.95. The number of methoxy groups -OCH3 is 1. The van der Waals surface area contributed by atoms with Crippen LogP contribution >= 0.6 is 0 Å². The molecule has 0 aromatic heterocycles. The molecule has 0 spiro atoms. The van der Waals surface area contributed by atoms with E-state index in [1.165, 1.54) is 0 Å². The first-order chi connectivity index (χ1) is 9.50. The molecule has 1 N–H and O–H groups in total. The fourth-order valence-electron chi connectivity index (χ4n) is 3.26. The Balaban J connectivity index is 1.83. The number of aliphatic hydroxyl groups is 1. The van der Waals surface area contributed by atoms with Crippen LogP contribution in [0, 0.1) is 5.92 Å². The van der Waals surface area contributed by atoms with Crippen LogP contribution in [0.25, 0.3) is 0 Å². The van der Waals surface area contributed by atoms with Gasteiger partial charge in [0.05, 0.1) is 18.8 Å². The molecule has 3 aliphatic rings. The molecule has 0 aromatic carbocycles. The van der Waals surface area contributed by atoms with Gasteiger partial charge in [0.15, 0.2) is 12.1 Å². The van der Waals surface area contributed by atoms with Crippen LogP contribution in [0.5, 0.6) is 0 Å². The van der Waals surface area contributed by atoms with Crippen LogP contribution in [0.2, 0.25) is 0 Å². The maximum Gasteiger partial charge on any atom is 0.174 e. The summed E-state index contributed by atoms with van der Waals surface area (Å²) in [6.45, 7) is 4.47. The van der Waals surface area contributed by atoms with Crippen LogP contribution in [-0.2, 0) is 23.7 Å². The molecule has 20 heavy (non-hydrogen) atoms. The lowest BCUT2D eigenvalue weighted by molar-refractivity contribution is -0.168. The quantitative estimate of drug-likeness (QED) is 0.611. The summed E-state index contributed by atoms with van der Waals surface area (Å²) in [4.78, 5) is 0. The molecule has 0 amide bonds. The molecule has 1 saturated heterocycles. The Kier molecular flexibility index (Phi) is 3.87. The van der Waals surface area contributed by atoms with Crippen LogP contribution in [0.1, 0.15) is 20.3 Å². The van der Waals surface area contributed by atoms with Gasteiger partial charge < -0.3 is 28.8 Å². The highest BCUT2D eigenvalue weighted by Gasteiger charge is 2.53. The number of rotatable bonds is 3. The van der Waals surface area contributed by atoms with E-state index >= 15 is 0 Å². The van der Waals surface area contributed by atoms with Crippen molar-refractivity contribution in [2.45, 2.75) is 50.7 Å². The monoisotopic (exact) mass is 286 g/mol. The van der Waals surface area contributed by atoms with E-state index in [-0.39, 0.29) is 31.0 Å². The SMILES string of the molecule is COCOC1CC2=CC(O)OCC2C2OC(C)(C)OC12. The van der Waals surface area contributed by atoms with Gasteiger partial charge >= 0.3 is 0 Å². The van der Waals surface area contributed by atoms with Crippen LogP contribution in [-0.4, -0.2) is 56.0 Å². The number of hydrogen-bond donors (Lipinski definition) is 1. The smallest absolute Gasteiger partial charge is 0.174 e. The second kappa shape index (κ2) is 5.36. The normalized spacial score (nSPS) is 42.8. The molecule has 5 unspecified atom stereocenters. The van der Waals surface area contributed by atoms with E-state index in [0.717, 1.165) is 5.57 Å². The maximum absolute atomic E-state index is 9.62. The average molecular weight is 286 g/mol. The zero-order valence-electron chi connectivity index (χ0n) is 12.1. The first-order valence-corrected chi connectivity index (χ1v) is 6.96. The molecule has 5 atom stereocenters. The van der Waals surface area contributed by atoms with E-state index in [0.29, 0.717) is 13.0 Å². The summed E-state index contributed by atoms with van der Waals surface area (Å²) in [7, 11) is 1.59. The summed E-state index contributed by atoms with van der Waals surface area (Å²) in [6.07, 6.45) is 1.24. The third kappa shape index (κ3) is 2.64. The van der Waals surface area contributed by atoms with E-state index in [1.807, 2.05) is 13.8 Å². The van der Waals surface area contributed by atoms with Crippen molar-refractivity contribution < 1.29 is 28.8 Å². The van der Waals surface area contributed by atoms with E-state index in [2.05, 4.69) is 0 Å². The van der Waals surface area contributed by atoms with Gasteiger partial charge in [-0.25, -0.2) is 0 Å². The standard InChI is InChI=1S/C14H22O6/c1-14(2)19-12-9-6-17-11(15)5-8(9)4-10(13(12)20-14)18-7-16-3/h5,9-13,15H,4,6-7H2,1-3H3. The van der Waals surface area contributed by atoms with Gasteiger partial charge in [-0.15, -0.1) is 0 Å². The Labute approximate surface area is 118 Å². The van der Waals surface area contributed by atoms with Crippen molar-refractivity contribution in [3.8, 4) is 0 Å². The first kappa shape index (κ1) is 14.4. The number of fused-ring (bicyclic) bond motifs is 3. The Bertz CT molecular complexity index is 393. The molecule has 2 fully saturated rings. The van der Waals surface area contributed by atoms with Crippen LogP contribution in [0.3, 0.4) is 0 Å². The van der Waals surface area contributed by atoms with Gasteiger partial charge in [0.1, 0.15) is 12.9 Å². The molecule has 0 bridgehead atoms. The van der Waals surface area contributed by atoms with Crippen molar-refractivity contribution in [2.75, 3.05) is 20.5 Å². The number of hydrogen-bond acceptors (Lipinski definition) is 6. The third-order valence-corrected chi connectivity index (χ3v) is 4.04. The summed E-state index contributed by atoms with van der Waals surface area (Å²) in [5.74, 6) is -0.511. The van der Waals surface area contributed by atoms with Gasteiger partial charge in [-0.3, -0.25) is 0 Å². The van der Waals surface area contributed by atoms with Gasteiger partial charge in [-0.1, -0.05) is 5.57 Å². The molecular formula is C14H22O6. The van der Waals surface area contributed by atoms with Crippen molar-refractivity contribution in [3.05, 3.63) is 11.6 Å². The molecule has 3 rings (SSSR count). The first-order valence-electron chi connectivity index (χ1n) is 6.96. The van der Waals surface area contributed by atoms with E-state index in [4.69, 9.17) is 23.7 Å². The minimum atomic E-state index is -0.837. The predicted octanol–water partition coefficient (Wildman–Crippen LogP) is 0.790. The molecule has 0 radical (unpaired) electrons. The third-order valence-electron chi connectivity index (χ3n) is 4.04. The highest BCUT2D eigenvalue weighted by Crippen LogP contribution is 2.44. The van der Waals surface area contributed by atoms with Gasteiger partial charge in [0, 0.05) is 13.0 Å². The Morgan fingerprint density at radius 3 is 2.85 bits per heavy atom. The van der Waals surface area contributed by atoms with Crippen molar-refractivity contribution >= 4 is 0 Å². The molecule has 0 aromatic rings. The average Bonchev–Trinajstić information content (AvgIpc) is 2.71. The van der Waals surface area contributed by atoms with Gasteiger partial charge in [0.25, 0.3) is 0 Å². The molecule has 2 heterocycles. The zero-order chi connectivity index (χ0) is 14.3. The van der Waals surface area contributed by atoms with E-state index in [9.17, 15) is 5.11 Å². The highest BCUT2D eigenvalue weighted by atomic mass is 16.8. The predicted molar refractivity (Wildman–Crippen MR) is 68.7 cm³/mol. The molecular weight excluding hydrogens is 264 g/mol. The van der Waals surface area contributed by atoms with Crippen molar-refractivity contribution in [1.29, 1.82) is 0 Å². The van der Waals surface area contributed by atoms with E-state index < -0.39 is 12.1 Å². The highest BCUT2D eigenvalue weighted by molar-refractivity contribution is 5.20. The number of ether oxygens (including phenoxy) is 5. The van der Waals surface area contributed by atoms with Crippen molar-refractivity contribution in [2.24, 2.45) is 5.92 Å². The van der Waals surface area contributed by atoms with Gasteiger partial charge in [0.2, 0.25) is 0 Å². The fraction of sp³-hybridized carbons (Fsp3) is 0.857. The summed E-state index contributed by atoms with van der Waals surface area (Å²) >= 11 is 0. The molecule has 1 saturated carbocycles. The van der Waals surface area contributed by atoms with Gasteiger partial charge in [-0.05, 0) is 26.3 Å². The van der Waals surface area contributed by atoms with E-state index in [1.54, 1.807) is 13.2 Å². The lowest BCUT2D eigenvalue weighted by atomic mass is 9.78. The molecule has 114 valence electrons. The molecule has 1 aliphatic carbocycles. The lowest BCUT2D eigenvalue weighted by Crippen LogP contribution is -2.50. The fourth-order valence-corrected chi connectivity index (χ4v) is 3.26. The van der Waals surface area contributed by atoms with Crippen LogP contribution in [0.4, 0.5) is 0 Å². The Morgan fingerprint density at radius 1 is 1.35 bits per heavy atom. The molecule has 6 heteroatoms. The van der Waals surface area contributed by atoms with Gasteiger partial charge in [-0.2, -0.15) is 0 Å².